The highest BCUT2D eigenvalue weighted by molar-refractivity contribution is 5.87. The van der Waals surface area contributed by atoms with Crippen LogP contribution in [0.15, 0.2) is 30.3 Å². The Labute approximate surface area is 106 Å². The second kappa shape index (κ2) is 5.21. The van der Waals surface area contributed by atoms with E-state index in [1.54, 1.807) is 0 Å². The zero-order valence-electron chi connectivity index (χ0n) is 10.6. The maximum absolute atomic E-state index is 11.8. The average Bonchev–Trinajstić information content (AvgIpc) is 2.57. The maximum atomic E-state index is 11.8. The van der Waals surface area contributed by atoms with Gasteiger partial charge in [-0.05, 0) is 12.5 Å². The molecule has 0 saturated carbocycles. The van der Waals surface area contributed by atoms with Crippen LogP contribution in [0.25, 0.3) is 0 Å². The topological polar surface area (TPSA) is 55.4 Å². The van der Waals surface area contributed by atoms with Crippen LogP contribution in [0.1, 0.15) is 19.4 Å². The number of hydrogen-bond donors (Lipinski definition) is 1. The van der Waals surface area contributed by atoms with Gasteiger partial charge in [0, 0.05) is 5.92 Å². The van der Waals surface area contributed by atoms with Crippen molar-refractivity contribution < 1.29 is 14.3 Å². The van der Waals surface area contributed by atoms with Crippen LogP contribution in [0.5, 0.6) is 0 Å². The zero-order valence-corrected chi connectivity index (χ0v) is 10.6. The van der Waals surface area contributed by atoms with Crippen molar-refractivity contribution in [2.75, 3.05) is 0 Å². The largest absolute Gasteiger partial charge is 0.461 e. The van der Waals surface area contributed by atoms with Crippen molar-refractivity contribution in [3.05, 3.63) is 35.9 Å². The summed E-state index contributed by atoms with van der Waals surface area (Å²) in [5.41, 5.74) is 0.932. The molecule has 18 heavy (non-hydrogen) atoms. The van der Waals surface area contributed by atoms with E-state index < -0.39 is 6.04 Å². The van der Waals surface area contributed by atoms with Crippen molar-refractivity contribution in [1.82, 2.24) is 5.32 Å². The van der Waals surface area contributed by atoms with Crippen molar-refractivity contribution >= 4 is 11.9 Å². The normalized spacial score (nSPS) is 26.8. The fourth-order valence-corrected chi connectivity index (χ4v) is 2.05. The van der Waals surface area contributed by atoms with Crippen LogP contribution in [0.2, 0.25) is 0 Å². The SMILES string of the molecule is C[C@@H]1[C@@H](C)OC(=O)[C@@H]1NC(=O)Cc1ccccc1. The number of nitrogens with one attached hydrogen (secondary N) is 1. The van der Waals surface area contributed by atoms with E-state index in [0.717, 1.165) is 5.56 Å². The van der Waals surface area contributed by atoms with Crippen molar-refractivity contribution in [1.29, 1.82) is 0 Å². The molecular weight excluding hydrogens is 230 g/mol. The van der Waals surface area contributed by atoms with Gasteiger partial charge in [-0.25, -0.2) is 4.79 Å². The van der Waals surface area contributed by atoms with E-state index in [2.05, 4.69) is 5.32 Å². The van der Waals surface area contributed by atoms with Gasteiger partial charge in [0.25, 0.3) is 0 Å². The first-order chi connectivity index (χ1) is 8.58. The summed E-state index contributed by atoms with van der Waals surface area (Å²) in [6.45, 7) is 3.74. The maximum Gasteiger partial charge on any atom is 0.329 e. The number of carbonyl (C=O) groups excluding carboxylic acids is 2. The highest BCUT2D eigenvalue weighted by Crippen LogP contribution is 2.21. The van der Waals surface area contributed by atoms with E-state index >= 15 is 0 Å². The Bertz CT molecular complexity index is 444. The fraction of sp³-hybridized carbons (Fsp3) is 0.429. The summed E-state index contributed by atoms with van der Waals surface area (Å²) in [5, 5.41) is 2.74. The summed E-state index contributed by atoms with van der Waals surface area (Å²) < 4.78 is 5.08. The Balaban J connectivity index is 1.94. The Morgan fingerprint density at radius 3 is 2.50 bits per heavy atom. The van der Waals surface area contributed by atoms with Gasteiger partial charge >= 0.3 is 5.97 Å². The lowest BCUT2D eigenvalue weighted by Gasteiger charge is -2.14. The fourth-order valence-electron chi connectivity index (χ4n) is 2.05. The second-order valence-electron chi connectivity index (χ2n) is 4.71. The van der Waals surface area contributed by atoms with Gasteiger partial charge in [0.1, 0.15) is 12.1 Å². The summed E-state index contributed by atoms with van der Waals surface area (Å²) in [6, 6.07) is 8.93. The van der Waals surface area contributed by atoms with Gasteiger partial charge in [0.05, 0.1) is 6.42 Å². The van der Waals surface area contributed by atoms with Gasteiger partial charge in [0.2, 0.25) is 5.91 Å². The minimum Gasteiger partial charge on any atom is -0.461 e. The van der Waals surface area contributed by atoms with Crippen LogP contribution in [0, 0.1) is 5.92 Å². The van der Waals surface area contributed by atoms with E-state index in [1.165, 1.54) is 0 Å². The smallest absolute Gasteiger partial charge is 0.329 e. The average molecular weight is 247 g/mol. The molecule has 0 unspecified atom stereocenters. The molecule has 0 aromatic heterocycles. The number of rotatable bonds is 3. The molecule has 3 atom stereocenters. The third-order valence-electron chi connectivity index (χ3n) is 3.35. The van der Waals surface area contributed by atoms with Crippen LogP contribution in [0.4, 0.5) is 0 Å². The zero-order chi connectivity index (χ0) is 13.1. The molecule has 1 saturated heterocycles. The molecule has 4 heteroatoms. The minimum absolute atomic E-state index is 0.0113. The summed E-state index contributed by atoms with van der Waals surface area (Å²) in [7, 11) is 0. The van der Waals surface area contributed by atoms with Crippen molar-refractivity contribution in [2.24, 2.45) is 5.92 Å². The quantitative estimate of drug-likeness (QED) is 0.819. The molecule has 1 aromatic carbocycles. The van der Waals surface area contributed by atoms with Crippen LogP contribution in [-0.4, -0.2) is 24.0 Å². The molecule has 1 aromatic rings. The van der Waals surface area contributed by atoms with Gasteiger partial charge in [-0.15, -0.1) is 0 Å². The van der Waals surface area contributed by atoms with E-state index in [-0.39, 0.29) is 30.3 Å². The van der Waals surface area contributed by atoms with Gasteiger partial charge < -0.3 is 10.1 Å². The molecule has 0 aliphatic carbocycles. The number of amides is 1. The molecule has 1 amide bonds. The number of esters is 1. The van der Waals surface area contributed by atoms with Crippen molar-refractivity contribution in [2.45, 2.75) is 32.4 Å². The monoisotopic (exact) mass is 247 g/mol. The van der Waals surface area contributed by atoms with E-state index in [9.17, 15) is 9.59 Å². The molecule has 1 heterocycles. The van der Waals surface area contributed by atoms with E-state index in [1.807, 2.05) is 44.2 Å². The summed E-state index contributed by atoms with van der Waals surface area (Å²) in [4.78, 5) is 23.4. The Morgan fingerprint density at radius 2 is 1.94 bits per heavy atom. The summed E-state index contributed by atoms with van der Waals surface area (Å²) in [6.07, 6.45) is 0.144. The molecule has 2 rings (SSSR count). The molecule has 0 spiro atoms. The highest BCUT2D eigenvalue weighted by atomic mass is 16.6. The minimum atomic E-state index is -0.517. The standard InChI is InChI=1S/C14H17NO3/c1-9-10(2)18-14(17)13(9)15-12(16)8-11-6-4-3-5-7-11/h3-7,9-10,13H,8H2,1-2H3,(H,15,16)/t9-,10-,13-/m1/s1. The van der Waals surface area contributed by atoms with Crippen LogP contribution < -0.4 is 5.32 Å². The first-order valence-corrected chi connectivity index (χ1v) is 6.11. The van der Waals surface area contributed by atoms with E-state index in [0.29, 0.717) is 0 Å². The Morgan fingerprint density at radius 1 is 1.28 bits per heavy atom. The van der Waals surface area contributed by atoms with Gasteiger partial charge in [-0.3, -0.25) is 4.79 Å². The first kappa shape index (κ1) is 12.6. The van der Waals surface area contributed by atoms with E-state index in [4.69, 9.17) is 4.74 Å². The van der Waals surface area contributed by atoms with Crippen LogP contribution >= 0.6 is 0 Å². The van der Waals surface area contributed by atoms with Crippen molar-refractivity contribution in [3.8, 4) is 0 Å². The van der Waals surface area contributed by atoms with Gasteiger partial charge in [0.15, 0.2) is 0 Å². The van der Waals surface area contributed by atoms with Crippen LogP contribution in [-0.2, 0) is 20.7 Å². The predicted molar refractivity (Wildman–Crippen MR) is 66.8 cm³/mol. The predicted octanol–water partition coefficient (Wildman–Crippen LogP) is 1.30. The third kappa shape index (κ3) is 2.70. The van der Waals surface area contributed by atoms with Crippen molar-refractivity contribution in [3.63, 3.8) is 0 Å². The molecule has 4 nitrogen and oxygen atoms in total. The molecule has 1 N–H and O–H groups in total. The van der Waals surface area contributed by atoms with Crippen LogP contribution in [0.3, 0.4) is 0 Å². The molecule has 1 fully saturated rings. The second-order valence-corrected chi connectivity index (χ2v) is 4.71. The number of cyclic esters (lactones) is 1. The molecule has 1 aliphatic rings. The van der Waals surface area contributed by atoms with Gasteiger partial charge in [-0.1, -0.05) is 37.3 Å². The number of carbonyl (C=O) groups is 2. The third-order valence-corrected chi connectivity index (χ3v) is 3.35. The highest BCUT2D eigenvalue weighted by Gasteiger charge is 2.40. The number of ether oxygens (including phenoxy) is 1. The Kier molecular flexibility index (Phi) is 3.65. The molecular formula is C14H17NO3. The molecule has 96 valence electrons. The van der Waals surface area contributed by atoms with Gasteiger partial charge in [-0.2, -0.15) is 0 Å². The molecule has 0 bridgehead atoms. The number of hydrogen-bond acceptors (Lipinski definition) is 3. The molecule has 0 radical (unpaired) electrons. The summed E-state index contributed by atoms with van der Waals surface area (Å²) >= 11 is 0. The number of benzene rings is 1. The lowest BCUT2D eigenvalue weighted by molar-refractivity contribution is -0.143. The Hall–Kier alpha value is -1.84. The molecule has 1 aliphatic heterocycles. The summed E-state index contributed by atoms with van der Waals surface area (Å²) in [5.74, 6) is -0.474. The first-order valence-electron chi connectivity index (χ1n) is 6.11. The lowest BCUT2D eigenvalue weighted by atomic mass is 10.00. The lowest BCUT2D eigenvalue weighted by Crippen LogP contribution is -2.42.